The fraction of sp³-hybridized carbons (Fsp3) is 0.136. The number of thiophene rings is 1. The third-order valence-electron chi connectivity index (χ3n) is 4.69. The molecule has 1 fully saturated rings. The van der Waals surface area contributed by atoms with Gasteiger partial charge in [-0.3, -0.25) is 14.5 Å². The Kier molecular flexibility index (Phi) is 6.45. The van der Waals surface area contributed by atoms with E-state index in [1.54, 1.807) is 47.8 Å². The Morgan fingerprint density at radius 3 is 2.47 bits per heavy atom. The van der Waals surface area contributed by atoms with Crippen molar-refractivity contribution in [3.8, 4) is 0 Å². The van der Waals surface area contributed by atoms with Crippen molar-refractivity contribution in [2.75, 3.05) is 10.2 Å². The van der Waals surface area contributed by atoms with E-state index in [0.717, 1.165) is 28.7 Å². The van der Waals surface area contributed by atoms with Gasteiger partial charge in [0, 0.05) is 12.1 Å². The molecule has 4 rings (SSSR count). The summed E-state index contributed by atoms with van der Waals surface area (Å²) in [4.78, 5) is 27.1. The molecule has 0 spiro atoms. The number of carbonyl (C=O) groups is 2. The van der Waals surface area contributed by atoms with Crippen LogP contribution < -0.4 is 10.2 Å². The van der Waals surface area contributed by atoms with Crippen molar-refractivity contribution in [3.63, 3.8) is 0 Å². The lowest BCUT2D eigenvalue weighted by molar-refractivity contribution is -0.121. The summed E-state index contributed by atoms with van der Waals surface area (Å²) < 4.78 is 29.5. The maximum Gasteiger partial charge on any atom is 0.294 e. The predicted octanol–water partition coefficient (Wildman–Crippen LogP) is 4.28. The number of hydrogen-bond acceptors (Lipinski definition) is 6. The van der Waals surface area contributed by atoms with Gasteiger partial charge in [0.25, 0.3) is 10.0 Å². The molecule has 164 valence electrons. The van der Waals surface area contributed by atoms with Crippen molar-refractivity contribution < 1.29 is 18.0 Å². The minimum Gasteiger partial charge on any atom is -0.326 e. The minimum atomic E-state index is -3.98. The third-order valence-corrected chi connectivity index (χ3v) is 8.58. The summed E-state index contributed by atoms with van der Waals surface area (Å²) in [5, 5.41) is 3.70. The van der Waals surface area contributed by atoms with E-state index in [4.69, 9.17) is 0 Å². The number of amidine groups is 1. The van der Waals surface area contributed by atoms with Gasteiger partial charge in [-0.25, -0.2) is 0 Å². The van der Waals surface area contributed by atoms with Gasteiger partial charge in [0.1, 0.15) is 9.46 Å². The molecule has 1 saturated heterocycles. The maximum atomic E-state index is 13.2. The highest BCUT2D eigenvalue weighted by molar-refractivity contribution is 8.16. The second kappa shape index (κ2) is 9.27. The number of hydrogen-bond donors (Lipinski definition) is 1. The number of thioether (sulfide) groups is 1. The number of benzene rings is 2. The molecule has 2 amide bonds. The second-order valence-corrected chi connectivity index (χ2v) is 10.9. The van der Waals surface area contributed by atoms with Crippen LogP contribution in [0.2, 0.25) is 0 Å². The Balaban J connectivity index is 1.62. The molecule has 1 aliphatic rings. The quantitative estimate of drug-likeness (QED) is 0.562. The van der Waals surface area contributed by atoms with E-state index in [2.05, 4.69) is 9.71 Å². The van der Waals surface area contributed by atoms with Gasteiger partial charge in [-0.1, -0.05) is 54.2 Å². The first-order chi connectivity index (χ1) is 15.3. The number of para-hydroxylation sites is 2. The van der Waals surface area contributed by atoms with E-state index in [-0.39, 0.29) is 27.6 Å². The van der Waals surface area contributed by atoms with Crippen LogP contribution in [0, 0.1) is 6.92 Å². The van der Waals surface area contributed by atoms with Gasteiger partial charge >= 0.3 is 0 Å². The predicted molar refractivity (Wildman–Crippen MR) is 129 cm³/mol. The van der Waals surface area contributed by atoms with Crippen LogP contribution in [0.5, 0.6) is 0 Å². The molecule has 0 bridgehead atoms. The average Bonchev–Trinajstić information content (AvgIpc) is 3.40. The minimum absolute atomic E-state index is 0.0308. The van der Waals surface area contributed by atoms with Gasteiger partial charge in [-0.05, 0) is 42.1 Å². The molecule has 0 unspecified atom stereocenters. The average molecular weight is 486 g/mol. The van der Waals surface area contributed by atoms with Crippen molar-refractivity contribution in [3.05, 3.63) is 77.7 Å². The van der Waals surface area contributed by atoms with Gasteiger partial charge in [-0.2, -0.15) is 8.42 Å². The number of nitrogens with one attached hydrogen (secondary N) is 1. The summed E-state index contributed by atoms with van der Waals surface area (Å²) in [6.45, 7) is 1.88. The largest absolute Gasteiger partial charge is 0.326 e. The summed E-state index contributed by atoms with van der Waals surface area (Å²) in [5.74, 6) is -0.721. The number of anilines is 2. The Morgan fingerprint density at radius 2 is 1.78 bits per heavy atom. The number of nitrogens with zero attached hydrogens (tertiary/aromatic N) is 2. The molecule has 10 heteroatoms. The molecule has 1 N–H and O–H groups in total. The number of carbonyl (C=O) groups excluding carboxylic acids is 2. The summed E-state index contributed by atoms with van der Waals surface area (Å²) in [6.07, 6.45) is -0.112. The van der Waals surface area contributed by atoms with Crippen molar-refractivity contribution in [2.45, 2.75) is 22.8 Å². The normalized spacial score (nSPS) is 17.7. The lowest BCUT2D eigenvalue weighted by atomic mass is 10.2. The van der Waals surface area contributed by atoms with E-state index in [1.165, 1.54) is 11.0 Å². The highest BCUT2D eigenvalue weighted by Crippen LogP contribution is 2.35. The van der Waals surface area contributed by atoms with Gasteiger partial charge in [0.2, 0.25) is 11.8 Å². The first-order valence-corrected chi connectivity index (χ1v) is 12.8. The van der Waals surface area contributed by atoms with Crippen LogP contribution >= 0.6 is 23.1 Å². The van der Waals surface area contributed by atoms with Crippen LogP contribution in [0.3, 0.4) is 0 Å². The molecule has 32 heavy (non-hydrogen) atoms. The molecule has 3 aromatic rings. The monoisotopic (exact) mass is 485 g/mol. The Hall–Kier alpha value is -2.95. The second-order valence-electron chi connectivity index (χ2n) is 6.96. The summed E-state index contributed by atoms with van der Waals surface area (Å²) in [7, 11) is -3.98. The topological polar surface area (TPSA) is 95.9 Å². The molecule has 1 atom stereocenters. The molecule has 0 aliphatic carbocycles. The first-order valence-electron chi connectivity index (χ1n) is 9.65. The van der Waals surface area contributed by atoms with Crippen LogP contribution in [0.25, 0.3) is 0 Å². The molecule has 0 radical (unpaired) electrons. The lowest BCUT2D eigenvalue weighted by Crippen LogP contribution is -2.33. The van der Waals surface area contributed by atoms with E-state index < -0.39 is 15.3 Å². The fourth-order valence-electron chi connectivity index (χ4n) is 3.12. The fourth-order valence-corrected chi connectivity index (χ4v) is 6.42. The Bertz CT molecular complexity index is 1270. The Morgan fingerprint density at radius 1 is 1.06 bits per heavy atom. The molecule has 1 aromatic heterocycles. The molecule has 0 saturated carbocycles. The van der Waals surface area contributed by atoms with Crippen molar-refractivity contribution in [2.24, 2.45) is 4.40 Å². The maximum absolute atomic E-state index is 13.2. The van der Waals surface area contributed by atoms with E-state index in [1.807, 2.05) is 25.1 Å². The first kappa shape index (κ1) is 22.3. The third kappa shape index (κ3) is 4.77. The smallest absolute Gasteiger partial charge is 0.294 e. The standard InChI is InChI=1S/C22H19N3O4S3/c1-15-8-5-6-11-17(15)23-19(26)14-18-21(27)25(16-9-3-2-4-10-16)22(31-18)24-32(28,29)20-12-7-13-30-20/h2-13,18H,14H2,1H3,(H,23,26)/t18-/m0/s1. The molecule has 7 nitrogen and oxygen atoms in total. The summed E-state index contributed by atoms with van der Waals surface area (Å²) >= 11 is 2.03. The van der Waals surface area contributed by atoms with Gasteiger partial charge in [0.15, 0.2) is 5.17 Å². The van der Waals surface area contributed by atoms with Crippen LogP contribution in [0.4, 0.5) is 11.4 Å². The highest BCUT2D eigenvalue weighted by Gasteiger charge is 2.41. The van der Waals surface area contributed by atoms with Crippen LogP contribution in [0.1, 0.15) is 12.0 Å². The molecular formula is C22H19N3O4S3. The lowest BCUT2D eigenvalue weighted by Gasteiger charge is -2.16. The zero-order chi connectivity index (χ0) is 22.7. The Labute approximate surface area is 194 Å². The molecular weight excluding hydrogens is 466 g/mol. The molecule has 1 aliphatic heterocycles. The zero-order valence-corrected chi connectivity index (χ0v) is 19.4. The number of amides is 2. The highest BCUT2D eigenvalue weighted by atomic mass is 32.2. The van der Waals surface area contributed by atoms with Crippen LogP contribution in [-0.2, 0) is 19.6 Å². The SMILES string of the molecule is Cc1ccccc1NC(=O)C[C@@H]1SC(=NS(=O)(=O)c2cccs2)N(c2ccccc2)C1=O. The number of sulfonamides is 1. The number of rotatable bonds is 6. The molecule has 2 heterocycles. The van der Waals surface area contributed by atoms with Crippen molar-refractivity contribution >= 4 is 61.5 Å². The summed E-state index contributed by atoms with van der Waals surface area (Å²) in [6, 6.07) is 19.1. The van der Waals surface area contributed by atoms with E-state index >= 15 is 0 Å². The van der Waals surface area contributed by atoms with Gasteiger partial charge in [0.05, 0.1) is 5.69 Å². The van der Waals surface area contributed by atoms with Gasteiger partial charge in [-0.15, -0.1) is 15.7 Å². The van der Waals surface area contributed by atoms with Crippen molar-refractivity contribution in [1.29, 1.82) is 0 Å². The summed E-state index contributed by atoms with van der Waals surface area (Å²) in [5.41, 5.74) is 2.07. The number of aryl methyl sites for hydroxylation is 1. The van der Waals surface area contributed by atoms with Crippen LogP contribution in [0.15, 0.2) is 80.7 Å². The van der Waals surface area contributed by atoms with Crippen LogP contribution in [-0.4, -0.2) is 30.6 Å². The van der Waals surface area contributed by atoms with E-state index in [9.17, 15) is 18.0 Å². The van der Waals surface area contributed by atoms with Crippen molar-refractivity contribution in [1.82, 2.24) is 0 Å². The molecule has 2 aromatic carbocycles. The van der Waals surface area contributed by atoms with E-state index in [0.29, 0.717) is 11.4 Å². The zero-order valence-electron chi connectivity index (χ0n) is 17.0. The van der Waals surface area contributed by atoms with Gasteiger partial charge < -0.3 is 5.32 Å².